The molecular weight excluding hydrogens is 394 g/mol. The van der Waals surface area contributed by atoms with E-state index in [0.29, 0.717) is 0 Å². The summed E-state index contributed by atoms with van der Waals surface area (Å²) in [5.74, 6) is -0.806. The van der Waals surface area contributed by atoms with Gasteiger partial charge >= 0.3 is 0 Å². The minimum absolute atomic E-state index is 0.100. The first-order valence-corrected chi connectivity index (χ1v) is 10.9. The minimum atomic E-state index is -4.78. The van der Waals surface area contributed by atoms with E-state index in [0.717, 1.165) is 37.0 Å². The van der Waals surface area contributed by atoms with Crippen molar-refractivity contribution >= 4 is 31.7 Å². The fourth-order valence-corrected chi connectivity index (χ4v) is 3.82. The van der Waals surface area contributed by atoms with Crippen molar-refractivity contribution in [3.05, 3.63) is 53.6 Å². The molecule has 0 spiro atoms. The largest absolute Gasteiger partial charge is 0.372 e. The average molecular weight is 413 g/mol. The van der Waals surface area contributed by atoms with Crippen molar-refractivity contribution in [2.24, 2.45) is 0 Å². The lowest BCUT2D eigenvalue weighted by Crippen LogP contribution is -2.21. The lowest BCUT2D eigenvalue weighted by molar-refractivity contribution is 0.103. The van der Waals surface area contributed by atoms with E-state index in [4.69, 9.17) is 4.55 Å². The van der Waals surface area contributed by atoms with E-state index in [1.807, 2.05) is 18.7 Å². The molecule has 0 fully saturated rings. The van der Waals surface area contributed by atoms with Crippen molar-refractivity contribution in [1.82, 2.24) is 0 Å². The second-order valence-corrected chi connectivity index (χ2v) is 8.47. The third kappa shape index (κ3) is 4.72. The summed E-state index contributed by atoms with van der Waals surface area (Å²) in [6, 6.07) is 8.58. The Labute approximate surface area is 157 Å². The van der Waals surface area contributed by atoms with E-state index in [1.165, 1.54) is 12.1 Å². The van der Waals surface area contributed by atoms with Crippen molar-refractivity contribution < 1.29 is 30.7 Å². The molecule has 0 amide bonds. The smallest absolute Gasteiger partial charge is 0.295 e. The summed E-state index contributed by atoms with van der Waals surface area (Å²) in [6.07, 6.45) is 0. The third-order valence-corrected chi connectivity index (χ3v) is 5.79. The zero-order valence-corrected chi connectivity index (χ0v) is 16.3. The molecule has 10 heteroatoms. The van der Waals surface area contributed by atoms with Gasteiger partial charge in [-0.15, -0.1) is 0 Å². The first kappa shape index (κ1) is 21.0. The Morgan fingerprint density at radius 1 is 0.889 bits per heavy atom. The molecule has 0 aliphatic heterocycles. The maximum absolute atomic E-state index is 12.7. The van der Waals surface area contributed by atoms with Crippen molar-refractivity contribution in [2.45, 2.75) is 23.6 Å². The number of carbonyl (C=O) groups is 1. The van der Waals surface area contributed by atoms with Gasteiger partial charge in [0.15, 0.2) is 5.78 Å². The van der Waals surface area contributed by atoms with Crippen LogP contribution in [0.3, 0.4) is 0 Å². The zero-order valence-electron chi connectivity index (χ0n) is 14.7. The predicted molar refractivity (Wildman–Crippen MR) is 99.5 cm³/mol. The maximum atomic E-state index is 12.7. The van der Waals surface area contributed by atoms with Crippen molar-refractivity contribution in [1.29, 1.82) is 0 Å². The van der Waals surface area contributed by atoms with Gasteiger partial charge in [-0.3, -0.25) is 13.9 Å². The summed E-state index contributed by atoms with van der Waals surface area (Å²) in [7, 11) is -9.45. The minimum Gasteiger partial charge on any atom is -0.372 e. The monoisotopic (exact) mass is 413 g/mol. The van der Waals surface area contributed by atoms with E-state index in [-0.39, 0.29) is 5.56 Å². The third-order valence-electron chi connectivity index (χ3n) is 4.03. The molecule has 0 atom stereocenters. The van der Waals surface area contributed by atoms with Gasteiger partial charge < -0.3 is 4.90 Å². The lowest BCUT2D eigenvalue weighted by atomic mass is 10.0. The Morgan fingerprint density at radius 2 is 1.44 bits per heavy atom. The number of benzene rings is 2. The first-order chi connectivity index (χ1) is 12.5. The topological polar surface area (TPSA) is 129 Å². The molecule has 0 heterocycles. The van der Waals surface area contributed by atoms with Crippen LogP contribution in [0.4, 0.5) is 5.69 Å². The highest BCUT2D eigenvalue weighted by molar-refractivity contribution is 7.86. The van der Waals surface area contributed by atoms with Crippen molar-refractivity contribution in [3.8, 4) is 0 Å². The molecule has 2 aromatic carbocycles. The normalized spacial score (nSPS) is 12.0. The fourth-order valence-electron chi connectivity index (χ4n) is 2.64. The highest BCUT2D eigenvalue weighted by Crippen LogP contribution is 2.24. The molecule has 2 N–H and O–H groups in total. The van der Waals surface area contributed by atoms with Gasteiger partial charge in [-0.1, -0.05) is 0 Å². The first-order valence-electron chi connectivity index (χ1n) is 7.97. The second-order valence-electron chi connectivity index (χ2n) is 5.66. The molecule has 27 heavy (non-hydrogen) atoms. The van der Waals surface area contributed by atoms with Crippen LogP contribution in [0.15, 0.2) is 52.3 Å². The van der Waals surface area contributed by atoms with E-state index in [2.05, 4.69) is 0 Å². The average Bonchev–Trinajstić information content (AvgIpc) is 2.60. The standard InChI is InChI=1S/C17H19NO7S2/c1-3-18(4-2)13-7-5-12(6-8-13)17(19)15-11-14(26(20,21)22)9-10-16(15)27(23,24)25/h5-11H,3-4H2,1-2H3,(H,20,21,22)(H,23,24,25). The Kier molecular flexibility index (Phi) is 6.05. The highest BCUT2D eigenvalue weighted by Gasteiger charge is 2.24. The molecule has 2 rings (SSSR count). The summed E-state index contributed by atoms with van der Waals surface area (Å²) in [6.45, 7) is 5.46. The van der Waals surface area contributed by atoms with E-state index in [1.54, 1.807) is 12.1 Å². The van der Waals surface area contributed by atoms with Gasteiger partial charge in [-0.2, -0.15) is 16.8 Å². The van der Waals surface area contributed by atoms with Crippen molar-refractivity contribution in [3.63, 3.8) is 0 Å². The van der Waals surface area contributed by atoms with Crippen molar-refractivity contribution in [2.75, 3.05) is 18.0 Å². The van der Waals surface area contributed by atoms with Crippen LogP contribution in [0, 0.1) is 0 Å². The number of carbonyl (C=O) groups excluding carboxylic acids is 1. The van der Waals surface area contributed by atoms with Gasteiger partial charge in [-0.05, 0) is 56.3 Å². The molecule has 0 radical (unpaired) electrons. The van der Waals surface area contributed by atoms with Crippen LogP contribution in [-0.4, -0.2) is 44.8 Å². The quantitative estimate of drug-likeness (QED) is 0.522. The Bertz CT molecular complexity index is 1050. The summed E-state index contributed by atoms with van der Waals surface area (Å²) < 4.78 is 64.2. The van der Waals surface area contributed by atoms with Crippen LogP contribution >= 0.6 is 0 Å². The molecule has 0 bridgehead atoms. The predicted octanol–water partition coefficient (Wildman–Crippen LogP) is 2.26. The molecule has 2 aromatic rings. The molecule has 0 unspecified atom stereocenters. The molecule has 8 nitrogen and oxygen atoms in total. The van der Waals surface area contributed by atoms with Crippen LogP contribution in [0.1, 0.15) is 29.8 Å². The maximum Gasteiger partial charge on any atom is 0.295 e. The van der Waals surface area contributed by atoms with E-state index < -0.39 is 41.4 Å². The summed E-state index contributed by atoms with van der Waals surface area (Å²) >= 11 is 0. The van der Waals surface area contributed by atoms with Crippen LogP contribution in [-0.2, 0) is 20.2 Å². The van der Waals surface area contributed by atoms with Gasteiger partial charge in [0, 0.05) is 29.9 Å². The number of hydrogen-bond donors (Lipinski definition) is 2. The van der Waals surface area contributed by atoms with Gasteiger partial charge in [-0.25, -0.2) is 0 Å². The Hall–Kier alpha value is -2.27. The van der Waals surface area contributed by atoms with Gasteiger partial charge in [0.05, 0.1) is 4.90 Å². The Balaban J connectivity index is 2.57. The molecule has 0 aliphatic carbocycles. The SMILES string of the molecule is CCN(CC)c1ccc(C(=O)c2cc(S(=O)(=O)O)ccc2S(=O)(=O)O)cc1. The summed E-state index contributed by atoms with van der Waals surface area (Å²) in [4.78, 5) is 13.4. The second kappa shape index (κ2) is 7.77. The number of hydrogen-bond acceptors (Lipinski definition) is 6. The van der Waals surface area contributed by atoms with Crippen LogP contribution in [0.5, 0.6) is 0 Å². The lowest BCUT2D eigenvalue weighted by Gasteiger charge is -2.21. The molecule has 0 saturated carbocycles. The molecule has 146 valence electrons. The van der Waals surface area contributed by atoms with E-state index in [9.17, 15) is 26.2 Å². The van der Waals surface area contributed by atoms with Crippen LogP contribution in [0.2, 0.25) is 0 Å². The number of nitrogens with zero attached hydrogens (tertiary/aromatic N) is 1. The molecular formula is C17H19NO7S2. The fraction of sp³-hybridized carbons (Fsp3) is 0.235. The Morgan fingerprint density at radius 3 is 1.89 bits per heavy atom. The molecule has 0 aromatic heterocycles. The molecule has 0 aliphatic rings. The zero-order chi connectivity index (χ0) is 20.4. The van der Waals surface area contributed by atoms with Gasteiger partial charge in [0.2, 0.25) is 0 Å². The van der Waals surface area contributed by atoms with Gasteiger partial charge in [0.1, 0.15) is 4.90 Å². The summed E-state index contributed by atoms with van der Waals surface area (Å²) in [5, 5.41) is 0. The van der Waals surface area contributed by atoms with Crippen LogP contribution in [0.25, 0.3) is 0 Å². The number of rotatable bonds is 7. The van der Waals surface area contributed by atoms with E-state index >= 15 is 0 Å². The van der Waals surface area contributed by atoms with Gasteiger partial charge in [0.25, 0.3) is 20.2 Å². The summed E-state index contributed by atoms with van der Waals surface area (Å²) in [5.41, 5.74) is 0.407. The molecule has 0 saturated heterocycles. The number of anilines is 1. The highest BCUT2D eigenvalue weighted by atomic mass is 32.2. The van der Waals surface area contributed by atoms with Crippen LogP contribution < -0.4 is 4.90 Å². The number of ketones is 1.